The molecule has 1 N–H and O–H groups in total. The minimum Gasteiger partial charge on any atom is -0.508 e. The summed E-state index contributed by atoms with van der Waals surface area (Å²) < 4.78 is 12.0. The zero-order chi connectivity index (χ0) is 19.8. The third kappa shape index (κ3) is 3.19. The van der Waals surface area contributed by atoms with Crippen LogP contribution in [0, 0.1) is 0 Å². The highest BCUT2D eigenvalue weighted by molar-refractivity contribution is 5.63. The Morgan fingerprint density at radius 2 is 1.79 bits per heavy atom. The number of likely N-dealkylation sites (N-methyl/N-ethyl adjacent to an activating group) is 1. The highest BCUT2D eigenvalue weighted by atomic mass is 16.5. The maximum atomic E-state index is 9.95. The van der Waals surface area contributed by atoms with E-state index in [4.69, 9.17) is 9.47 Å². The van der Waals surface area contributed by atoms with E-state index >= 15 is 0 Å². The Kier molecular flexibility index (Phi) is 4.55. The van der Waals surface area contributed by atoms with Crippen molar-refractivity contribution in [3.63, 3.8) is 0 Å². The number of ether oxygens (including phenoxy) is 2. The number of rotatable bonds is 3. The van der Waals surface area contributed by atoms with Crippen LogP contribution in [-0.2, 0) is 0 Å². The van der Waals surface area contributed by atoms with Crippen LogP contribution in [0.1, 0.15) is 35.4 Å². The monoisotopic (exact) mass is 387 g/mol. The highest BCUT2D eigenvalue weighted by Crippen LogP contribution is 2.48. The molecule has 148 valence electrons. The van der Waals surface area contributed by atoms with Crippen LogP contribution in [-0.4, -0.2) is 31.4 Å². The van der Waals surface area contributed by atoms with Crippen molar-refractivity contribution in [1.82, 2.24) is 0 Å². The molecule has 29 heavy (non-hydrogen) atoms. The molecule has 0 unspecified atom stereocenters. The number of aromatic hydroxyl groups is 1. The summed E-state index contributed by atoms with van der Waals surface area (Å²) in [7, 11) is 0. The summed E-state index contributed by atoms with van der Waals surface area (Å²) >= 11 is 0. The van der Waals surface area contributed by atoms with Gasteiger partial charge < -0.3 is 19.5 Å². The fourth-order valence-electron chi connectivity index (χ4n) is 4.61. The Bertz CT molecular complexity index is 1020. The molecule has 3 aromatic carbocycles. The lowest BCUT2D eigenvalue weighted by molar-refractivity contribution is 0.247. The van der Waals surface area contributed by atoms with Crippen molar-refractivity contribution < 1.29 is 14.6 Å². The Labute approximate surface area is 171 Å². The summed E-state index contributed by atoms with van der Waals surface area (Å²) in [4.78, 5) is 2.37. The molecule has 0 saturated carbocycles. The molecule has 0 radical (unpaired) electrons. The second kappa shape index (κ2) is 7.36. The maximum absolute atomic E-state index is 9.95. The first kappa shape index (κ1) is 17.9. The Balaban J connectivity index is 1.65. The topological polar surface area (TPSA) is 41.9 Å². The predicted octanol–water partition coefficient (Wildman–Crippen LogP) is 4.92. The van der Waals surface area contributed by atoms with Gasteiger partial charge in [0, 0.05) is 30.0 Å². The van der Waals surface area contributed by atoms with E-state index < -0.39 is 0 Å². The molecule has 5 rings (SSSR count). The van der Waals surface area contributed by atoms with Gasteiger partial charge in [-0.15, -0.1) is 0 Å². The number of phenolic OH excluding ortho intramolecular Hbond substituents is 1. The first-order valence-electron chi connectivity index (χ1n) is 10.3. The Hall–Kier alpha value is -3.14. The number of nitrogens with zero attached hydrogens (tertiary/aromatic N) is 1. The average molecular weight is 387 g/mol. The van der Waals surface area contributed by atoms with E-state index in [9.17, 15) is 5.11 Å². The van der Waals surface area contributed by atoms with Crippen molar-refractivity contribution in [1.29, 1.82) is 0 Å². The van der Waals surface area contributed by atoms with Crippen molar-refractivity contribution in [3.05, 3.63) is 83.4 Å². The molecule has 0 fully saturated rings. The number of benzene rings is 3. The lowest BCUT2D eigenvalue weighted by atomic mass is 9.75. The van der Waals surface area contributed by atoms with Crippen LogP contribution < -0.4 is 14.4 Å². The summed E-state index contributed by atoms with van der Waals surface area (Å²) in [5.41, 5.74) is 4.78. The van der Waals surface area contributed by atoms with Gasteiger partial charge in [0.15, 0.2) is 0 Å². The quantitative estimate of drug-likeness (QED) is 0.693. The molecule has 3 aromatic rings. The summed E-state index contributed by atoms with van der Waals surface area (Å²) in [6.45, 7) is 5.36. The van der Waals surface area contributed by atoms with Crippen molar-refractivity contribution in [2.24, 2.45) is 0 Å². The molecule has 2 atom stereocenters. The standard InChI is InChI=1S/C25H25NO3/c1-2-26-12-13-28-23-11-8-18(14-22(23)26)25-20-10-9-19(27)15-24(20)29-16-21(25)17-6-4-3-5-7-17/h3-11,14-15,21,25,27H,2,12-13,16H2,1H3/t21-,25-/m0/s1. The largest absolute Gasteiger partial charge is 0.508 e. The van der Waals surface area contributed by atoms with Gasteiger partial charge in [0.1, 0.15) is 23.9 Å². The fourth-order valence-corrected chi connectivity index (χ4v) is 4.61. The number of phenols is 1. The van der Waals surface area contributed by atoms with Gasteiger partial charge in [-0.05, 0) is 36.2 Å². The molecule has 0 saturated heterocycles. The van der Waals surface area contributed by atoms with E-state index in [1.54, 1.807) is 12.1 Å². The first-order valence-corrected chi connectivity index (χ1v) is 10.3. The van der Waals surface area contributed by atoms with Gasteiger partial charge in [0.05, 0.1) is 18.8 Å². The minimum absolute atomic E-state index is 0.146. The number of anilines is 1. The van der Waals surface area contributed by atoms with Gasteiger partial charge in [-0.1, -0.05) is 42.5 Å². The van der Waals surface area contributed by atoms with Crippen LogP contribution in [0.3, 0.4) is 0 Å². The van der Waals surface area contributed by atoms with Crippen LogP contribution >= 0.6 is 0 Å². The molecule has 2 aliphatic heterocycles. The van der Waals surface area contributed by atoms with Gasteiger partial charge in [0.25, 0.3) is 0 Å². The zero-order valence-electron chi connectivity index (χ0n) is 16.5. The second-order valence-electron chi connectivity index (χ2n) is 7.68. The Morgan fingerprint density at radius 3 is 2.62 bits per heavy atom. The van der Waals surface area contributed by atoms with Crippen LogP contribution in [0.2, 0.25) is 0 Å². The molecular formula is C25H25NO3. The van der Waals surface area contributed by atoms with Gasteiger partial charge in [-0.3, -0.25) is 0 Å². The van der Waals surface area contributed by atoms with Gasteiger partial charge in [0.2, 0.25) is 0 Å². The van der Waals surface area contributed by atoms with E-state index in [-0.39, 0.29) is 17.6 Å². The van der Waals surface area contributed by atoms with Crippen molar-refractivity contribution in [2.45, 2.75) is 18.8 Å². The molecule has 0 spiro atoms. The molecule has 0 aliphatic carbocycles. The maximum Gasteiger partial charge on any atom is 0.142 e. The summed E-state index contributed by atoms with van der Waals surface area (Å²) in [6.07, 6.45) is 0. The van der Waals surface area contributed by atoms with Crippen molar-refractivity contribution in [2.75, 3.05) is 31.2 Å². The Morgan fingerprint density at radius 1 is 0.931 bits per heavy atom. The smallest absolute Gasteiger partial charge is 0.142 e. The summed E-state index contributed by atoms with van der Waals surface area (Å²) in [5.74, 6) is 2.30. The average Bonchev–Trinajstić information content (AvgIpc) is 2.78. The lowest BCUT2D eigenvalue weighted by Crippen LogP contribution is -2.32. The van der Waals surface area contributed by atoms with Gasteiger partial charge in [-0.2, -0.15) is 0 Å². The molecule has 2 heterocycles. The van der Waals surface area contributed by atoms with E-state index in [0.29, 0.717) is 6.61 Å². The van der Waals surface area contributed by atoms with E-state index in [1.165, 1.54) is 11.1 Å². The molecule has 4 nitrogen and oxygen atoms in total. The van der Waals surface area contributed by atoms with Crippen molar-refractivity contribution in [3.8, 4) is 17.2 Å². The van der Waals surface area contributed by atoms with Crippen LogP contribution in [0.4, 0.5) is 5.69 Å². The highest BCUT2D eigenvalue weighted by Gasteiger charge is 2.34. The van der Waals surface area contributed by atoms with E-state index in [2.05, 4.69) is 54.3 Å². The molecular weight excluding hydrogens is 362 g/mol. The fraction of sp³-hybridized carbons (Fsp3) is 0.280. The van der Waals surface area contributed by atoms with Crippen LogP contribution in [0.5, 0.6) is 17.2 Å². The summed E-state index contributed by atoms with van der Waals surface area (Å²) in [6, 6.07) is 22.6. The zero-order valence-corrected chi connectivity index (χ0v) is 16.5. The second-order valence-corrected chi connectivity index (χ2v) is 7.68. The van der Waals surface area contributed by atoms with Crippen LogP contribution in [0.15, 0.2) is 66.7 Å². The van der Waals surface area contributed by atoms with Gasteiger partial charge in [-0.25, -0.2) is 0 Å². The molecule has 4 heteroatoms. The third-order valence-electron chi connectivity index (χ3n) is 6.06. The van der Waals surface area contributed by atoms with Crippen LogP contribution in [0.25, 0.3) is 0 Å². The lowest BCUT2D eigenvalue weighted by Gasteiger charge is -2.36. The van der Waals surface area contributed by atoms with Gasteiger partial charge >= 0.3 is 0 Å². The molecule has 0 aromatic heterocycles. The van der Waals surface area contributed by atoms with Crippen molar-refractivity contribution >= 4 is 5.69 Å². The number of hydrogen-bond acceptors (Lipinski definition) is 4. The minimum atomic E-state index is 0.146. The third-order valence-corrected chi connectivity index (χ3v) is 6.06. The predicted molar refractivity (Wildman–Crippen MR) is 114 cm³/mol. The number of fused-ring (bicyclic) bond motifs is 2. The SMILES string of the molecule is CCN1CCOc2ccc([C@H]3c4ccc(O)cc4OC[C@H]3c3ccccc3)cc21. The number of hydrogen-bond donors (Lipinski definition) is 1. The van der Waals surface area contributed by atoms with E-state index in [0.717, 1.165) is 42.4 Å². The van der Waals surface area contributed by atoms with E-state index in [1.807, 2.05) is 12.1 Å². The molecule has 0 amide bonds. The molecule has 0 bridgehead atoms. The molecule has 2 aliphatic rings. The normalized spacial score (nSPS) is 20.2. The summed E-state index contributed by atoms with van der Waals surface area (Å²) in [5, 5.41) is 9.95. The first-order chi connectivity index (χ1) is 14.2.